The van der Waals surface area contributed by atoms with Crippen LogP contribution in [0.3, 0.4) is 0 Å². The Morgan fingerprint density at radius 2 is 2.15 bits per heavy atom. The third-order valence-electron chi connectivity index (χ3n) is 3.78. The molecule has 0 N–H and O–H groups in total. The summed E-state index contributed by atoms with van der Waals surface area (Å²) < 4.78 is 15.9. The van der Waals surface area contributed by atoms with E-state index in [1.165, 1.54) is 0 Å². The molecule has 1 amide bonds. The van der Waals surface area contributed by atoms with Crippen molar-refractivity contribution in [3.05, 3.63) is 70.8 Å². The molecule has 3 aromatic rings. The van der Waals surface area contributed by atoms with Crippen LogP contribution < -0.4 is 9.47 Å². The molecule has 1 aromatic carbocycles. The van der Waals surface area contributed by atoms with Gasteiger partial charge in [-0.2, -0.15) is 0 Å². The number of hydrogen-bond donors (Lipinski definition) is 0. The first kappa shape index (κ1) is 18.7. The summed E-state index contributed by atoms with van der Waals surface area (Å²) >= 11 is 6.13. The Bertz CT molecular complexity index is 914. The van der Waals surface area contributed by atoms with Crippen molar-refractivity contribution in [2.24, 2.45) is 0 Å². The number of pyridine rings is 1. The van der Waals surface area contributed by atoms with Crippen LogP contribution in [-0.2, 0) is 13.2 Å². The molecule has 8 heteroatoms. The van der Waals surface area contributed by atoms with Crippen molar-refractivity contribution >= 4 is 17.5 Å². The maximum atomic E-state index is 12.5. The van der Waals surface area contributed by atoms with Gasteiger partial charge in [-0.15, -0.1) is 0 Å². The fraction of sp³-hybridized carbons (Fsp3) is 0.211. The topological polar surface area (TPSA) is 77.7 Å². The lowest BCUT2D eigenvalue weighted by atomic mass is 10.2. The van der Waals surface area contributed by atoms with Crippen molar-refractivity contribution in [3.63, 3.8) is 0 Å². The zero-order valence-electron chi connectivity index (χ0n) is 14.9. The fourth-order valence-electron chi connectivity index (χ4n) is 2.39. The van der Waals surface area contributed by atoms with Crippen LogP contribution in [0.5, 0.6) is 11.5 Å². The van der Waals surface area contributed by atoms with E-state index in [0.29, 0.717) is 28.8 Å². The lowest BCUT2D eigenvalue weighted by molar-refractivity contribution is 0.0774. The molecular weight excluding hydrogens is 370 g/mol. The molecule has 0 spiro atoms. The van der Waals surface area contributed by atoms with E-state index in [2.05, 4.69) is 10.1 Å². The predicted molar refractivity (Wildman–Crippen MR) is 98.9 cm³/mol. The highest BCUT2D eigenvalue weighted by atomic mass is 35.5. The minimum absolute atomic E-state index is 0.0959. The molecule has 0 saturated heterocycles. The van der Waals surface area contributed by atoms with Crippen LogP contribution in [0.15, 0.2) is 53.3 Å². The van der Waals surface area contributed by atoms with Crippen LogP contribution >= 0.6 is 11.6 Å². The molecule has 7 nitrogen and oxygen atoms in total. The Hall–Kier alpha value is -3.06. The normalized spacial score (nSPS) is 10.5. The maximum Gasteiger partial charge on any atom is 0.276 e. The van der Waals surface area contributed by atoms with Crippen molar-refractivity contribution < 1.29 is 18.8 Å². The van der Waals surface area contributed by atoms with Gasteiger partial charge in [0.2, 0.25) is 0 Å². The predicted octanol–water partition coefficient (Wildman–Crippen LogP) is 3.58. The minimum Gasteiger partial charge on any atom is -0.497 e. The number of ether oxygens (including phenoxy) is 2. The average molecular weight is 388 g/mol. The van der Waals surface area contributed by atoms with E-state index in [4.69, 9.17) is 25.6 Å². The molecule has 27 heavy (non-hydrogen) atoms. The molecule has 0 aliphatic carbocycles. The van der Waals surface area contributed by atoms with Gasteiger partial charge in [0, 0.05) is 38.1 Å². The van der Waals surface area contributed by atoms with Crippen molar-refractivity contribution in [3.8, 4) is 11.5 Å². The second-order valence-electron chi connectivity index (χ2n) is 5.79. The lowest BCUT2D eigenvalue weighted by Crippen LogP contribution is -2.26. The third kappa shape index (κ3) is 4.77. The first-order valence-corrected chi connectivity index (χ1v) is 8.51. The quantitative estimate of drug-likeness (QED) is 0.616. The first-order valence-electron chi connectivity index (χ1n) is 8.13. The highest BCUT2D eigenvalue weighted by molar-refractivity contribution is 6.32. The van der Waals surface area contributed by atoms with Crippen LogP contribution in [0, 0.1) is 0 Å². The summed E-state index contributed by atoms with van der Waals surface area (Å²) in [6, 6.07) is 10.4. The molecule has 2 aromatic heterocycles. The maximum absolute atomic E-state index is 12.5. The first-order chi connectivity index (χ1) is 13.1. The summed E-state index contributed by atoms with van der Waals surface area (Å²) in [5.74, 6) is 1.28. The number of rotatable bonds is 7. The van der Waals surface area contributed by atoms with E-state index in [-0.39, 0.29) is 18.2 Å². The van der Waals surface area contributed by atoms with Gasteiger partial charge in [0.25, 0.3) is 5.91 Å². The Kier molecular flexibility index (Phi) is 5.93. The number of methoxy groups -OCH3 is 1. The average Bonchev–Trinajstić information content (AvgIpc) is 3.16. The van der Waals surface area contributed by atoms with Crippen molar-refractivity contribution in [2.75, 3.05) is 14.2 Å². The van der Waals surface area contributed by atoms with Crippen LogP contribution in [-0.4, -0.2) is 35.1 Å². The van der Waals surface area contributed by atoms with Gasteiger partial charge in [0.1, 0.15) is 18.1 Å². The number of nitrogens with zero attached hydrogens (tertiary/aromatic N) is 3. The number of halogens is 1. The number of hydrogen-bond acceptors (Lipinski definition) is 6. The van der Waals surface area contributed by atoms with E-state index in [1.807, 2.05) is 12.1 Å². The molecule has 0 aliphatic heterocycles. The molecular formula is C19H18ClN3O4. The van der Waals surface area contributed by atoms with Crippen molar-refractivity contribution in [1.29, 1.82) is 0 Å². The smallest absolute Gasteiger partial charge is 0.276 e. The molecule has 140 valence electrons. The van der Waals surface area contributed by atoms with Gasteiger partial charge in [-0.3, -0.25) is 9.78 Å². The third-order valence-corrected chi connectivity index (χ3v) is 4.07. The molecule has 0 bridgehead atoms. The molecule has 0 aliphatic rings. The van der Waals surface area contributed by atoms with Crippen LogP contribution in [0.4, 0.5) is 0 Å². The number of benzene rings is 1. The summed E-state index contributed by atoms with van der Waals surface area (Å²) in [4.78, 5) is 18.0. The molecule has 0 fully saturated rings. The Morgan fingerprint density at radius 3 is 2.85 bits per heavy atom. The summed E-state index contributed by atoms with van der Waals surface area (Å²) in [6.45, 7) is 0.519. The van der Waals surface area contributed by atoms with E-state index in [9.17, 15) is 4.79 Å². The van der Waals surface area contributed by atoms with Gasteiger partial charge in [-0.05, 0) is 23.8 Å². The molecule has 0 radical (unpaired) electrons. The van der Waals surface area contributed by atoms with Crippen molar-refractivity contribution in [1.82, 2.24) is 15.0 Å². The number of carbonyl (C=O) groups excluding carboxylic acids is 1. The zero-order valence-corrected chi connectivity index (χ0v) is 15.6. The van der Waals surface area contributed by atoms with Crippen LogP contribution in [0.25, 0.3) is 0 Å². The molecule has 0 saturated carbocycles. The summed E-state index contributed by atoms with van der Waals surface area (Å²) in [5.41, 5.74) is 1.13. The summed E-state index contributed by atoms with van der Waals surface area (Å²) in [7, 11) is 3.25. The number of amides is 1. The van der Waals surface area contributed by atoms with Crippen molar-refractivity contribution in [2.45, 2.75) is 13.2 Å². The Morgan fingerprint density at radius 1 is 1.30 bits per heavy atom. The van der Waals surface area contributed by atoms with Gasteiger partial charge in [0.15, 0.2) is 11.5 Å². The van der Waals surface area contributed by atoms with Crippen LogP contribution in [0.1, 0.15) is 21.8 Å². The molecule has 0 atom stereocenters. The number of carbonyl (C=O) groups is 1. The van der Waals surface area contributed by atoms with E-state index in [0.717, 1.165) is 5.56 Å². The SMILES string of the molecule is COc1ccc(OCc2cc(C(=O)N(C)Cc3cccnc3)no2)c(Cl)c1. The second kappa shape index (κ2) is 8.55. The van der Waals surface area contributed by atoms with Gasteiger partial charge in [-0.25, -0.2) is 0 Å². The van der Waals surface area contributed by atoms with E-state index in [1.54, 1.807) is 55.7 Å². The lowest BCUT2D eigenvalue weighted by Gasteiger charge is -2.15. The monoisotopic (exact) mass is 387 g/mol. The Labute approximate surface area is 161 Å². The fourth-order valence-corrected chi connectivity index (χ4v) is 2.61. The zero-order chi connectivity index (χ0) is 19.2. The van der Waals surface area contributed by atoms with Gasteiger partial charge >= 0.3 is 0 Å². The highest BCUT2D eigenvalue weighted by Gasteiger charge is 2.18. The van der Waals surface area contributed by atoms with E-state index < -0.39 is 0 Å². The van der Waals surface area contributed by atoms with Crippen LogP contribution in [0.2, 0.25) is 5.02 Å². The number of aromatic nitrogens is 2. The second-order valence-corrected chi connectivity index (χ2v) is 6.19. The minimum atomic E-state index is -0.253. The standard InChI is InChI=1S/C19H18ClN3O4/c1-23(11-13-4-3-7-21-10-13)19(24)17-9-15(27-22-17)12-26-18-6-5-14(25-2)8-16(18)20/h3-10H,11-12H2,1-2H3. The van der Waals surface area contributed by atoms with Gasteiger partial charge in [0.05, 0.1) is 12.1 Å². The largest absolute Gasteiger partial charge is 0.497 e. The van der Waals surface area contributed by atoms with E-state index >= 15 is 0 Å². The molecule has 3 rings (SSSR count). The molecule has 0 unspecified atom stereocenters. The molecule has 2 heterocycles. The Balaban J connectivity index is 1.60. The highest BCUT2D eigenvalue weighted by Crippen LogP contribution is 2.29. The van der Waals surface area contributed by atoms with Gasteiger partial charge in [-0.1, -0.05) is 22.8 Å². The summed E-state index contributed by atoms with van der Waals surface area (Å²) in [5, 5.41) is 4.24. The van der Waals surface area contributed by atoms with Gasteiger partial charge < -0.3 is 18.9 Å². The summed E-state index contributed by atoms with van der Waals surface area (Å²) in [6.07, 6.45) is 3.40.